The Morgan fingerprint density at radius 3 is 2.25 bits per heavy atom. The molecule has 0 saturated carbocycles. The monoisotopic (exact) mass is 625 g/mol. The van der Waals surface area contributed by atoms with Crippen molar-refractivity contribution in [3.8, 4) is 0 Å². The van der Waals surface area contributed by atoms with Crippen LogP contribution in [0.3, 0.4) is 0 Å². The molecule has 0 bridgehead atoms. The van der Waals surface area contributed by atoms with Crippen LogP contribution in [0.4, 0.5) is 26.3 Å². The number of aromatic nitrogens is 1. The summed E-state index contributed by atoms with van der Waals surface area (Å²) in [5.41, 5.74) is -3.22. The normalized spacial score (nSPS) is 21.0. The van der Waals surface area contributed by atoms with Crippen molar-refractivity contribution in [3.63, 3.8) is 0 Å². The van der Waals surface area contributed by atoms with Gasteiger partial charge in [0.05, 0.1) is 28.8 Å². The van der Waals surface area contributed by atoms with Gasteiger partial charge in [-0.3, -0.25) is 19.1 Å². The standard InChI is InChI=1S/C31H33F6N3O4/c1-29(2,3)44-28(43)40-14-19(25-6-4-5-7-26(25)40)12-23-15-38-17-24(41)9-8-22(38)16-39(23)27(42)18-10-20(30(32,33)34)13-21(11-18)31(35,36)37/h4-7,10-11,13-14,22-23,28,43H,8-9,12,15-17H2,1-3H3/t22-,23-,28?/m1/s1. The summed E-state index contributed by atoms with van der Waals surface area (Å²) in [6, 6.07) is 7.09. The summed E-state index contributed by atoms with van der Waals surface area (Å²) in [4.78, 5) is 29.4. The molecule has 0 radical (unpaired) electrons. The minimum Gasteiger partial charge on any atom is -0.351 e. The molecule has 7 nitrogen and oxygen atoms in total. The van der Waals surface area contributed by atoms with Gasteiger partial charge in [0.2, 0.25) is 6.41 Å². The molecule has 13 heteroatoms. The molecule has 1 aromatic heterocycles. The molecule has 2 aliphatic rings. The minimum atomic E-state index is -5.10. The van der Waals surface area contributed by atoms with Gasteiger partial charge in [-0.1, -0.05) is 18.2 Å². The van der Waals surface area contributed by atoms with E-state index in [2.05, 4.69) is 0 Å². The number of alkyl halides is 6. The van der Waals surface area contributed by atoms with Gasteiger partial charge in [-0.15, -0.1) is 0 Å². The molecule has 44 heavy (non-hydrogen) atoms. The van der Waals surface area contributed by atoms with Crippen LogP contribution in [0.5, 0.6) is 0 Å². The number of benzene rings is 2. The van der Waals surface area contributed by atoms with E-state index in [1.807, 2.05) is 11.0 Å². The zero-order chi connectivity index (χ0) is 32.2. The Hall–Kier alpha value is -3.42. The van der Waals surface area contributed by atoms with Crippen molar-refractivity contribution >= 4 is 22.6 Å². The highest BCUT2D eigenvalue weighted by Gasteiger charge is 2.42. The molecule has 2 aliphatic heterocycles. The van der Waals surface area contributed by atoms with Crippen LogP contribution in [0.1, 0.15) is 67.1 Å². The molecule has 3 atom stereocenters. The van der Waals surface area contributed by atoms with Gasteiger partial charge in [0.25, 0.3) is 5.91 Å². The van der Waals surface area contributed by atoms with Crippen molar-refractivity contribution < 1.29 is 45.8 Å². The van der Waals surface area contributed by atoms with Gasteiger partial charge in [-0.25, -0.2) is 0 Å². The van der Waals surface area contributed by atoms with Crippen molar-refractivity contribution in [3.05, 3.63) is 70.9 Å². The highest BCUT2D eigenvalue weighted by atomic mass is 19.4. The lowest BCUT2D eigenvalue weighted by Gasteiger charge is -2.48. The van der Waals surface area contributed by atoms with E-state index < -0.39 is 53.0 Å². The Morgan fingerprint density at radius 1 is 1.00 bits per heavy atom. The number of hydrogen-bond donors (Lipinski definition) is 1. The third-order valence-electron chi connectivity index (χ3n) is 8.02. The van der Waals surface area contributed by atoms with Gasteiger partial charge in [0, 0.05) is 48.7 Å². The SMILES string of the molecule is CC(C)(C)OC(O)n1cc(C[C@@H]2CN3CC(=O)CC[C@@H]3CN2C(=O)c2cc(C(F)(F)F)cc(C(F)(F)F)c2)c2ccccc21. The molecule has 2 aromatic carbocycles. The Labute approximate surface area is 250 Å². The van der Waals surface area contributed by atoms with Crippen LogP contribution >= 0.6 is 0 Å². The largest absolute Gasteiger partial charge is 0.416 e. The number of ketones is 1. The van der Waals surface area contributed by atoms with E-state index >= 15 is 0 Å². The number of aliphatic hydroxyl groups excluding tert-OH is 1. The molecule has 1 unspecified atom stereocenters. The summed E-state index contributed by atoms with van der Waals surface area (Å²) < 4.78 is 89.0. The van der Waals surface area contributed by atoms with Crippen LogP contribution in [0.2, 0.25) is 0 Å². The molecule has 1 N–H and O–H groups in total. The third kappa shape index (κ3) is 6.79. The lowest BCUT2D eigenvalue weighted by Crippen LogP contribution is -2.62. The summed E-state index contributed by atoms with van der Waals surface area (Å²) in [5, 5.41) is 11.6. The number of piperazine rings is 1. The predicted molar refractivity (Wildman–Crippen MR) is 149 cm³/mol. The molecule has 0 aliphatic carbocycles. The molecule has 2 saturated heterocycles. The van der Waals surface area contributed by atoms with Crippen molar-refractivity contribution in [2.75, 3.05) is 19.6 Å². The van der Waals surface area contributed by atoms with Crippen LogP contribution in [0, 0.1) is 0 Å². The maximum Gasteiger partial charge on any atom is 0.416 e. The number of rotatable bonds is 5. The van der Waals surface area contributed by atoms with Gasteiger partial charge in [-0.2, -0.15) is 26.3 Å². The number of ether oxygens (including phenoxy) is 1. The fourth-order valence-corrected chi connectivity index (χ4v) is 6.03. The second kappa shape index (κ2) is 11.5. The molecule has 0 spiro atoms. The quantitative estimate of drug-likeness (QED) is 0.277. The molecular formula is C31H33F6N3O4. The fraction of sp³-hybridized carbons (Fsp3) is 0.484. The Kier molecular flexibility index (Phi) is 8.36. The molecule has 2 fully saturated rings. The number of carbonyl (C=O) groups is 2. The second-order valence-corrected chi connectivity index (χ2v) is 12.4. The average molecular weight is 626 g/mol. The lowest BCUT2D eigenvalue weighted by atomic mass is 9.92. The number of aliphatic hydroxyl groups is 1. The topological polar surface area (TPSA) is 75.0 Å². The van der Waals surface area contributed by atoms with E-state index in [-0.39, 0.29) is 50.4 Å². The van der Waals surface area contributed by atoms with Crippen molar-refractivity contribution in [1.82, 2.24) is 14.4 Å². The van der Waals surface area contributed by atoms with Crippen LogP contribution in [0.15, 0.2) is 48.7 Å². The van der Waals surface area contributed by atoms with Crippen molar-refractivity contribution in [2.24, 2.45) is 0 Å². The summed E-state index contributed by atoms with van der Waals surface area (Å²) in [7, 11) is 0. The van der Waals surface area contributed by atoms with E-state index in [9.17, 15) is 41.0 Å². The van der Waals surface area contributed by atoms with E-state index in [0.717, 1.165) is 5.39 Å². The van der Waals surface area contributed by atoms with E-state index in [0.29, 0.717) is 29.6 Å². The number of para-hydroxylation sites is 1. The van der Waals surface area contributed by atoms with Crippen LogP contribution in [-0.4, -0.2) is 68.5 Å². The van der Waals surface area contributed by atoms with Crippen LogP contribution < -0.4 is 0 Å². The molecule has 5 rings (SSSR count). The Balaban J connectivity index is 1.55. The lowest BCUT2D eigenvalue weighted by molar-refractivity contribution is -0.207. The summed E-state index contributed by atoms with van der Waals surface area (Å²) in [6.07, 6.45) is -9.04. The zero-order valence-corrected chi connectivity index (χ0v) is 24.4. The Bertz CT molecular complexity index is 1530. The van der Waals surface area contributed by atoms with Crippen LogP contribution in [-0.2, 0) is 28.3 Å². The maximum absolute atomic E-state index is 13.9. The number of halogens is 6. The number of Topliss-reactive ketones (excluding diaryl/α,β-unsaturated/α-hetero) is 1. The molecule has 238 valence electrons. The highest BCUT2D eigenvalue weighted by molar-refractivity contribution is 5.95. The second-order valence-electron chi connectivity index (χ2n) is 12.4. The summed E-state index contributed by atoms with van der Waals surface area (Å²) >= 11 is 0. The summed E-state index contributed by atoms with van der Waals surface area (Å²) in [6.45, 7) is 5.70. The minimum absolute atomic E-state index is 0.00122. The fourth-order valence-electron chi connectivity index (χ4n) is 6.03. The van der Waals surface area contributed by atoms with Crippen LogP contribution in [0.25, 0.3) is 10.9 Å². The van der Waals surface area contributed by atoms with E-state index in [1.54, 1.807) is 45.2 Å². The van der Waals surface area contributed by atoms with Gasteiger partial charge in [0.1, 0.15) is 5.78 Å². The van der Waals surface area contributed by atoms with E-state index in [1.165, 1.54) is 9.47 Å². The number of amides is 1. The number of carbonyl (C=O) groups excluding carboxylic acids is 2. The van der Waals surface area contributed by atoms with Gasteiger partial charge in [-0.05, 0) is 63.4 Å². The maximum atomic E-state index is 13.9. The van der Waals surface area contributed by atoms with Gasteiger partial charge < -0.3 is 14.7 Å². The first-order valence-corrected chi connectivity index (χ1v) is 14.2. The zero-order valence-electron chi connectivity index (χ0n) is 24.4. The number of piperidine rings is 1. The highest BCUT2D eigenvalue weighted by Crippen LogP contribution is 2.37. The van der Waals surface area contributed by atoms with Gasteiger partial charge in [0.15, 0.2) is 0 Å². The first kappa shape index (κ1) is 32.0. The molecule has 3 aromatic rings. The number of fused-ring (bicyclic) bond motifs is 2. The third-order valence-corrected chi connectivity index (χ3v) is 8.02. The molecule has 1 amide bonds. The Morgan fingerprint density at radius 2 is 1.64 bits per heavy atom. The van der Waals surface area contributed by atoms with Crippen molar-refractivity contribution in [2.45, 2.75) is 76.5 Å². The number of hydrogen-bond acceptors (Lipinski definition) is 5. The van der Waals surface area contributed by atoms with E-state index in [4.69, 9.17) is 4.74 Å². The summed E-state index contributed by atoms with van der Waals surface area (Å²) in [5.74, 6) is -0.936. The van der Waals surface area contributed by atoms with Crippen molar-refractivity contribution in [1.29, 1.82) is 0 Å². The van der Waals surface area contributed by atoms with Gasteiger partial charge >= 0.3 is 12.4 Å². The molecule has 3 heterocycles. The predicted octanol–water partition coefficient (Wildman–Crippen LogP) is 6.04. The smallest absolute Gasteiger partial charge is 0.351 e. The average Bonchev–Trinajstić information content (AvgIpc) is 3.28. The first-order chi connectivity index (χ1) is 20.4. The number of nitrogens with zero attached hydrogens (tertiary/aromatic N) is 3. The first-order valence-electron chi connectivity index (χ1n) is 14.2. The molecular weight excluding hydrogens is 592 g/mol.